The fourth-order valence-corrected chi connectivity index (χ4v) is 3.89. The van der Waals surface area contributed by atoms with Gasteiger partial charge in [-0.1, -0.05) is 20.8 Å². The van der Waals surface area contributed by atoms with E-state index in [0.717, 1.165) is 12.8 Å². The van der Waals surface area contributed by atoms with Crippen LogP contribution in [0.2, 0.25) is 0 Å². The fourth-order valence-electron chi connectivity index (χ4n) is 3.89. The van der Waals surface area contributed by atoms with E-state index in [9.17, 15) is 14.0 Å². The van der Waals surface area contributed by atoms with E-state index < -0.39 is 23.2 Å². The summed E-state index contributed by atoms with van der Waals surface area (Å²) in [4.78, 5) is 25.9. The SMILES string of the molecule is CC(C)(C)C(NC(=O)c1nn(CC2CCOCC2)c2cc(F)ccc12)C(=O)NCCCO. The Morgan fingerprint density at radius 1 is 1.31 bits per heavy atom. The van der Waals surface area contributed by atoms with Crippen molar-refractivity contribution in [3.63, 3.8) is 0 Å². The van der Waals surface area contributed by atoms with Crippen LogP contribution in [-0.2, 0) is 16.1 Å². The molecule has 1 aliphatic heterocycles. The molecule has 1 aromatic carbocycles. The third-order valence-electron chi connectivity index (χ3n) is 5.74. The number of ether oxygens (including phenoxy) is 1. The molecule has 1 fully saturated rings. The van der Waals surface area contributed by atoms with Crippen LogP contribution in [0.5, 0.6) is 0 Å². The Hall–Kier alpha value is -2.52. The van der Waals surface area contributed by atoms with Crippen molar-refractivity contribution < 1.29 is 23.8 Å². The smallest absolute Gasteiger partial charge is 0.273 e. The number of hydrogen-bond acceptors (Lipinski definition) is 5. The second-order valence-electron chi connectivity index (χ2n) is 9.39. The van der Waals surface area contributed by atoms with Crippen LogP contribution in [0.4, 0.5) is 4.39 Å². The van der Waals surface area contributed by atoms with Crippen molar-refractivity contribution in [1.29, 1.82) is 0 Å². The number of aromatic nitrogens is 2. The minimum atomic E-state index is -0.801. The number of halogens is 1. The van der Waals surface area contributed by atoms with Crippen LogP contribution < -0.4 is 10.6 Å². The minimum Gasteiger partial charge on any atom is -0.396 e. The lowest BCUT2D eigenvalue weighted by Gasteiger charge is -2.30. The van der Waals surface area contributed by atoms with Gasteiger partial charge in [-0.25, -0.2) is 4.39 Å². The topological polar surface area (TPSA) is 105 Å². The Morgan fingerprint density at radius 2 is 2.03 bits per heavy atom. The van der Waals surface area contributed by atoms with Gasteiger partial charge in [-0.15, -0.1) is 0 Å². The van der Waals surface area contributed by atoms with Gasteiger partial charge >= 0.3 is 0 Å². The summed E-state index contributed by atoms with van der Waals surface area (Å²) in [6.45, 7) is 7.82. The number of aliphatic hydroxyl groups is 1. The van der Waals surface area contributed by atoms with E-state index in [4.69, 9.17) is 9.84 Å². The molecule has 0 radical (unpaired) electrons. The molecule has 2 amide bonds. The van der Waals surface area contributed by atoms with Crippen LogP contribution in [0, 0.1) is 17.2 Å². The lowest BCUT2D eigenvalue weighted by atomic mass is 9.86. The molecule has 3 N–H and O–H groups in total. The first-order valence-corrected chi connectivity index (χ1v) is 11.1. The van der Waals surface area contributed by atoms with Gasteiger partial charge in [-0.2, -0.15) is 5.10 Å². The maximum Gasteiger partial charge on any atom is 0.273 e. The van der Waals surface area contributed by atoms with E-state index in [1.807, 2.05) is 20.8 Å². The van der Waals surface area contributed by atoms with E-state index in [1.54, 1.807) is 10.7 Å². The number of rotatable bonds is 8. The van der Waals surface area contributed by atoms with Gasteiger partial charge in [0.1, 0.15) is 11.9 Å². The van der Waals surface area contributed by atoms with Gasteiger partial charge in [-0.05, 0) is 48.8 Å². The zero-order valence-electron chi connectivity index (χ0n) is 19.0. The number of fused-ring (bicyclic) bond motifs is 1. The second-order valence-corrected chi connectivity index (χ2v) is 9.39. The van der Waals surface area contributed by atoms with Gasteiger partial charge in [0.05, 0.1) is 5.52 Å². The predicted molar refractivity (Wildman–Crippen MR) is 119 cm³/mol. The highest BCUT2D eigenvalue weighted by molar-refractivity contribution is 6.06. The zero-order chi connectivity index (χ0) is 23.3. The molecule has 32 heavy (non-hydrogen) atoms. The fraction of sp³-hybridized carbons (Fsp3) is 0.609. The van der Waals surface area contributed by atoms with Crippen molar-refractivity contribution in [3.05, 3.63) is 29.7 Å². The quantitative estimate of drug-likeness (QED) is 0.537. The summed E-state index contributed by atoms with van der Waals surface area (Å²) in [6, 6.07) is 3.45. The van der Waals surface area contributed by atoms with Crippen molar-refractivity contribution in [2.24, 2.45) is 11.3 Å². The van der Waals surface area contributed by atoms with E-state index in [-0.39, 0.29) is 18.2 Å². The summed E-state index contributed by atoms with van der Waals surface area (Å²) in [7, 11) is 0. The third-order valence-corrected chi connectivity index (χ3v) is 5.74. The molecule has 9 heteroatoms. The Morgan fingerprint density at radius 3 is 2.69 bits per heavy atom. The molecule has 0 aliphatic carbocycles. The molecule has 1 aromatic heterocycles. The Bertz CT molecular complexity index is 947. The average Bonchev–Trinajstić information content (AvgIpc) is 3.09. The van der Waals surface area contributed by atoms with Crippen molar-refractivity contribution in [3.8, 4) is 0 Å². The number of carbonyl (C=O) groups is 2. The molecule has 8 nitrogen and oxygen atoms in total. The first-order valence-electron chi connectivity index (χ1n) is 11.1. The van der Waals surface area contributed by atoms with Gasteiger partial charge in [-0.3, -0.25) is 14.3 Å². The maximum absolute atomic E-state index is 14.0. The number of nitrogens with zero attached hydrogens (tertiary/aromatic N) is 2. The van der Waals surface area contributed by atoms with Crippen LogP contribution in [0.15, 0.2) is 18.2 Å². The Balaban J connectivity index is 1.86. The lowest BCUT2D eigenvalue weighted by Crippen LogP contribution is -2.53. The van der Waals surface area contributed by atoms with Crippen molar-refractivity contribution in [2.45, 2.75) is 52.6 Å². The highest BCUT2D eigenvalue weighted by atomic mass is 19.1. The standard InChI is InChI=1S/C23H33FN4O4/c1-23(2,3)20(22(31)25-9-4-10-29)26-21(30)19-17-6-5-16(24)13-18(17)28(27-19)14-15-7-11-32-12-8-15/h5-6,13,15,20,29H,4,7-12,14H2,1-3H3,(H,25,31)(H,26,30). The molecule has 1 saturated heterocycles. The predicted octanol–water partition coefficient (Wildman–Crippen LogP) is 2.25. The van der Waals surface area contributed by atoms with Gasteiger partial charge in [0, 0.05) is 38.3 Å². The maximum atomic E-state index is 14.0. The van der Waals surface area contributed by atoms with Crippen molar-refractivity contribution in [1.82, 2.24) is 20.4 Å². The van der Waals surface area contributed by atoms with Gasteiger partial charge < -0.3 is 20.5 Å². The summed E-state index contributed by atoms with van der Waals surface area (Å²) in [5, 5.41) is 19.6. The van der Waals surface area contributed by atoms with Crippen LogP contribution in [0.25, 0.3) is 10.9 Å². The van der Waals surface area contributed by atoms with E-state index in [0.29, 0.717) is 49.5 Å². The number of hydrogen-bond donors (Lipinski definition) is 3. The molecule has 2 heterocycles. The molecule has 0 saturated carbocycles. The lowest BCUT2D eigenvalue weighted by molar-refractivity contribution is -0.125. The van der Waals surface area contributed by atoms with E-state index in [1.165, 1.54) is 12.1 Å². The minimum absolute atomic E-state index is 0.0279. The summed E-state index contributed by atoms with van der Waals surface area (Å²) < 4.78 is 21.1. The molecule has 2 aromatic rings. The Kier molecular flexibility index (Phi) is 7.84. The van der Waals surface area contributed by atoms with Crippen LogP contribution in [0.3, 0.4) is 0 Å². The highest BCUT2D eigenvalue weighted by Crippen LogP contribution is 2.25. The molecule has 1 aliphatic rings. The number of nitrogens with one attached hydrogen (secondary N) is 2. The first kappa shape index (κ1) is 24.1. The van der Waals surface area contributed by atoms with Crippen LogP contribution in [-0.4, -0.2) is 59.1 Å². The molecule has 0 spiro atoms. The summed E-state index contributed by atoms with van der Waals surface area (Å²) >= 11 is 0. The van der Waals surface area contributed by atoms with Crippen LogP contribution >= 0.6 is 0 Å². The first-order chi connectivity index (χ1) is 15.2. The summed E-state index contributed by atoms with van der Waals surface area (Å²) in [5.74, 6) is -0.861. The largest absolute Gasteiger partial charge is 0.396 e. The van der Waals surface area contributed by atoms with Crippen molar-refractivity contribution >= 4 is 22.7 Å². The zero-order valence-corrected chi connectivity index (χ0v) is 19.0. The molecule has 1 unspecified atom stereocenters. The third kappa shape index (κ3) is 5.83. The monoisotopic (exact) mass is 448 g/mol. The van der Waals surface area contributed by atoms with E-state index >= 15 is 0 Å². The Labute approximate surface area is 187 Å². The number of benzene rings is 1. The summed E-state index contributed by atoms with van der Waals surface area (Å²) in [6.07, 6.45) is 2.21. The van der Waals surface area contributed by atoms with Gasteiger partial charge in [0.25, 0.3) is 5.91 Å². The molecular weight excluding hydrogens is 415 g/mol. The molecule has 1 atom stereocenters. The number of amides is 2. The second kappa shape index (κ2) is 10.4. The number of aliphatic hydroxyl groups excluding tert-OH is 1. The highest BCUT2D eigenvalue weighted by Gasteiger charge is 2.34. The van der Waals surface area contributed by atoms with Gasteiger partial charge in [0.2, 0.25) is 5.91 Å². The summed E-state index contributed by atoms with van der Waals surface area (Å²) in [5.41, 5.74) is 0.178. The number of carbonyl (C=O) groups excluding carboxylic acids is 2. The van der Waals surface area contributed by atoms with Crippen LogP contribution in [0.1, 0.15) is 50.5 Å². The molecule has 176 valence electrons. The van der Waals surface area contributed by atoms with E-state index in [2.05, 4.69) is 15.7 Å². The molecule has 0 bridgehead atoms. The average molecular weight is 449 g/mol. The molecular formula is C23H33FN4O4. The molecule has 3 rings (SSSR count). The normalized spacial score (nSPS) is 16.2. The van der Waals surface area contributed by atoms with Gasteiger partial charge in [0.15, 0.2) is 5.69 Å². The van der Waals surface area contributed by atoms with Crippen molar-refractivity contribution in [2.75, 3.05) is 26.4 Å².